The van der Waals surface area contributed by atoms with Gasteiger partial charge in [-0.3, -0.25) is 0 Å². The number of hydrogen-bond acceptors (Lipinski definition) is 1. The van der Waals surface area contributed by atoms with E-state index in [2.05, 4.69) is 94.3 Å². The molecule has 2 heteroatoms. The number of aliphatic imine (C=N–C) groups is 1. The summed E-state index contributed by atoms with van der Waals surface area (Å²) < 4.78 is 0. The van der Waals surface area contributed by atoms with Gasteiger partial charge in [0.05, 0.1) is 5.69 Å². The fraction of sp³-hybridized carbons (Fsp3) is 0.286. The van der Waals surface area contributed by atoms with E-state index in [1.807, 2.05) is 0 Å². The molecular weight excluding hydrogens is 294 g/mol. The van der Waals surface area contributed by atoms with Crippen molar-refractivity contribution in [1.82, 2.24) is 0 Å². The molecule has 23 heavy (non-hydrogen) atoms. The highest BCUT2D eigenvalue weighted by Crippen LogP contribution is 2.18. The summed E-state index contributed by atoms with van der Waals surface area (Å²) in [6, 6.07) is 14.7. The molecule has 0 aromatic heterocycles. The number of aryl methyl sites for hydroxylation is 3. The number of benzene rings is 2. The van der Waals surface area contributed by atoms with E-state index in [0.717, 1.165) is 17.0 Å². The summed E-state index contributed by atoms with van der Waals surface area (Å²) in [4.78, 5) is 4.84. The molecule has 0 aliphatic rings. The lowest BCUT2D eigenvalue weighted by Crippen LogP contribution is -2.17. The third kappa shape index (κ3) is 5.23. The van der Waals surface area contributed by atoms with Crippen LogP contribution in [-0.4, -0.2) is 13.8 Å². The van der Waals surface area contributed by atoms with E-state index >= 15 is 0 Å². The number of nitrogens with zero attached hydrogens (tertiary/aromatic N) is 1. The third-order valence-electron chi connectivity index (χ3n) is 3.48. The van der Waals surface area contributed by atoms with Gasteiger partial charge in [0.1, 0.15) is 13.8 Å². The Bertz CT molecular complexity index is 781. The van der Waals surface area contributed by atoms with E-state index in [9.17, 15) is 0 Å². The molecule has 1 nitrogen and oxygen atoms in total. The monoisotopic (exact) mass is 319 g/mol. The summed E-state index contributed by atoms with van der Waals surface area (Å²) >= 11 is 0. The van der Waals surface area contributed by atoms with Crippen LogP contribution >= 0.6 is 0 Å². The van der Waals surface area contributed by atoms with E-state index in [-0.39, 0.29) is 0 Å². The molecule has 0 unspecified atom stereocenters. The Morgan fingerprint density at radius 1 is 0.870 bits per heavy atom. The quantitative estimate of drug-likeness (QED) is 0.387. The van der Waals surface area contributed by atoms with Gasteiger partial charge >= 0.3 is 0 Å². The summed E-state index contributed by atoms with van der Waals surface area (Å²) in [5, 5.41) is 0. The van der Waals surface area contributed by atoms with Gasteiger partial charge in [-0.05, 0) is 44.5 Å². The normalized spacial score (nSPS) is 11.8. The van der Waals surface area contributed by atoms with Crippen molar-refractivity contribution in [1.29, 1.82) is 0 Å². The van der Waals surface area contributed by atoms with Crippen LogP contribution in [-0.2, 0) is 0 Å². The molecule has 2 aromatic rings. The second-order valence-corrected chi connectivity index (χ2v) is 11.9. The first kappa shape index (κ1) is 17.2. The van der Waals surface area contributed by atoms with Crippen LogP contribution in [0, 0.1) is 32.2 Å². The predicted molar refractivity (Wildman–Crippen MR) is 104 cm³/mol. The SMILES string of the molecule is Cc1ccc(N=C(C#C[Si](C)(C)C)c2cc(C)ccc2C)cc1. The van der Waals surface area contributed by atoms with Crippen LogP contribution in [0.5, 0.6) is 0 Å². The molecule has 0 heterocycles. The summed E-state index contributed by atoms with van der Waals surface area (Å²) in [6.07, 6.45) is 0. The second kappa shape index (κ2) is 6.98. The van der Waals surface area contributed by atoms with Gasteiger partial charge < -0.3 is 0 Å². The zero-order chi connectivity index (χ0) is 17.0. The Kier molecular flexibility index (Phi) is 5.23. The standard InChI is InChI=1S/C21H25NSi/c1-16-8-11-19(12-9-16)22-21(13-14-23(4,5)6)20-15-17(2)7-10-18(20)3/h7-12,15H,1-6H3. The largest absolute Gasteiger partial charge is 0.239 e. The van der Waals surface area contributed by atoms with Crippen molar-refractivity contribution in [3.8, 4) is 11.5 Å². The maximum absolute atomic E-state index is 4.84. The molecule has 0 atom stereocenters. The fourth-order valence-electron chi connectivity index (χ4n) is 2.14. The smallest absolute Gasteiger partial charge is 0.129 e. The van der Waals surface area contributed by atoms with Gasteiger partial charge in [-0.25, -0.2) is 4.99 Å². The Balaban J connectivity index is 2.57. The molecule has 0 spiro atoms. The minimum Gasteiger partial charge on any atom is -0.239 e. The van der Waals surface area contributed by atoms with E-state index < -0.39 is 8.07 Å². The van der Waals surface area contributed by atoms with Gasteiger partial charge in [0.2, 0.25) is 0 Å². The summed E-state index contributed by atoms with van der Waals surface area (Å²) in [7, 11) is -1.45. The Hall–Kier alpha value is -2.11. The first-order valence-corrected chi connectivity index (χ1v) is 11.5. The Morgan fingerprint density at radius 3 is 2.09 bits per heavy atom. The first-order chi connectivity index (χ1) is 10.7. The molecular formula is C21H25NSi. The number of rotatable bonds is 2. The maximum atomic E-state index is 4.84. The predicted octanol–water partition coefficient (Wildman–Crippen LogP) is 5.61. The molecule has 0 radical (unpaired) electrons. The lowest BCUT2D eigenvalue weighted by Gasteiger charge is -2.08. The van der Waals surface area contributed by atoms with Crippen molar-refractivity contribution in [2.45, 2.75) is 40.4 Å². The summed E-state index contributed by atoms with van der Waals surface area (Å²) in [5.74, 6) is 3.37. The average Bonchev–Trinajstić information content (AvgIpc) is 2.47. The van der Waals surface area contributed by atoms with Gasteiger partial charge in [-0.15, -0.1) is 5.54 Å². The highest BCUT2D eigenvalue weighted by molar-refractivity contribution is 6.84. The van der Waals surface area contributed by atoms with Crippen molar-refractivity contribution < 1.29 is 0 Å². The van der Waals surface area contributed by atoms with Crippen LogP contribution < -0.4 is 0 Å². The van der Waals surface area contributed by atoms with Crippen LogP contribution in [0.2, 0.25) is 19.6 Å². The number of hydrogen-bond donors (Lipinski definition) is 0. The van der Waals surface area contributed by atoms with Gasteiger partial charge in [0.15, 0.2) is 0 Å². The van der Waals surface area contributed by atoms with Crippen LogP contribution in [0.3, 0.4) is 0 Å². The molecule has 0 saturated carbocycles. The van der Waals surface area contributed by atoms with Crippen molar-refractivity contribution in [2.75, 3.05) is 0 Å². The van der Waals surface area contributed by atoms with Gasteiger partial charge in [-0.2, -0.15) is 0 Å². The maximum Gasteiger partial charge on any atom is 0.129 e. The minimum absolute atomic E-state index is 0.873. The van der Waals surface area contributed by atoms with Gasteiger partial charge in [0, 0.05) is 5.56 Å². The van der Waals surface area contributed by atoms with E-state index in [4.69, 9.17) is 4.99 Å². The molecule has 0 N–H and O–H groups in total. The molecule has 0 bridgehead atoms. The van der Waals surface area contributed by atoms with Gasteiger partial charge in [0.25, 0.3) is 0 Å². The zero-order valence-corrected chi connectivity index (χ0v) is 16.0. The molecule has 0 saturated heterocycles. The Labute approximate surface area is 141 Å². The summed E-state index contributed by atoms with van der Waals surface area (Å²) in [5.41, 5.74) is 10.1. The molecule has 0 fully saturated rings. The molecule has 2 aromatic carbocycles. The third-order valence-corrected chi connectivity index (χ3v) is 4.35. The summed E-state index contributed by atoms with van der Waals surface area (Å²) in [6.45, 7) is 13.1. The second-order valence-electron chi connectivity index (χ2n) is 7.11. The lowest BCUT2D eigenvalue weighted by atomic mass is 10.0. The van der Waals surface area contributed by atoms with E-state index in [1.165, 1.54) is 16.7 Å². The first-order valence-electron chi connectivity index (χ1n) is 8.01. The van der Waals surface area contributed by atoms with E-state index in [1.54, 1.807) is 0 Å². The van der Waals surface area contributed by atoms with Crippen LogP contribution in [0.15, 0.2) is 47.5 Å². The van der Waals surface area contributed by atoms with Crippen molar-refractivity contribution >= 4 is 19.5 Å². The lowest BCUT2D eigenvalue weighted by molar-refractivity contribution is 1.36. The van der Waals surface area contributed by atoms with Crippen LogP contribution in [0.4, 0.5) is 5.69 Å². The van der Waals surface area contributed by atoms with Crippen molar-refractivity contribution in [3.05, 3.63) is 64.7 Å². The van der Waals surface area contributed by atoms with Crippen molar-refractivity contribution in [3.63, 3.8) is 0 Å². The zero-order valence-electron chi connectivity index (χ0n) is 15.0. The Morgan fingerprint density at radius 2 is 1.48 bits per heavy atom. The van der Waals surface area contributed by atoms with Crippen LogP contribution in [0.25, 0.3) is 0 Å². The minimum atomic E-state index is -1.45. The highest BCUT2D eigenvalue weighted by atomic mass is 28.3. The van der Waals surface area contributed by atoms with Crippen LogP contribution in [0.1, 0.15) is 22.3 Å². The topological polar surface area (TPSA) is 12.4 Å². The fourth-order valence-corrected chi connectivity index (χ4v) is 2.63. The highest BCUT2D eigenvalue weighted by Gasteiger charge is 2.10. The molecule has 0 aliphatic heterocycles. The van der Waals surface area contributed by atoms with E-state index in [0.29, 0.717) is 0 Å². The molecule has 118 valence electrons. The van der Waals surface area contributed by atoms with Crippen molar-refractivity contribution in [2.24, 2.45) is 4.99 Å². The molecule has 0 amide bonds. The molecule has 2 rings (SSSR count). The average molecular weight is 320 g/mol. The van der Waals surface area contributed by atoms with Gasteiger partial charge in [-0.1, -0.05) is 61.0 Å². The molecule has 0 aliphatic carbocycles.